The summed E-state index contributed by atoms with van der Waals surface area (Å²) < 4.78 is 5.40. The Balaban J connectivity index is 2.76. The largest absolute Gasteiger partial charge is 0.494 e. The third-order valence-electron chi connectivity index (χ3n) is 2.97. The van der Waals surface area contributed by atoms with E-state index < -0.39 is 0 Å². The number of anilines is 1. The van der Waals surface area contributed by atoms with Gasteiger partial charge in [0.15, 0.2) is 0 Å². The molecule has 0 aliphatic heterocycles. The van der Waals surface area contributed by atoms with Crippen molar-refractivity contribution >= 4 is 11.6 Å². The molecule has 100 valence electrons. The van der Waals surface area contributed by atoms with Gasteiger partial charge in [0.25, 0.3) is 0 Å². The van der Waals surface area contributed by atoms with Crippen LogP contribution in [0.3, 0.4) is 0 Å². The minimum absolute atomic E-state index is 0.0581. The fourth-order valence-electron chi connectivity index (χ4n) is 1.52. The second-order valence-electron chi connectivity index (χ2n) is 4.55. The first kappa shape index (κ1) is 14.5. The SMILES string of the molecule is CCOc1ccc(NC(=O)C(C)C(C)N)c(C)c1. The molecular weight excluding hydrogens is 228 g/mol. The number of nitrogens with two attached hydrogens (primary N) is 1. The van der Waals surface area contributed by atoms with E-state index in [4.69, 9.17) is 10.5 Å². The monoisotopic (exact) mass is 250 g/mol. The molecule has 0 aliphatic rings. The molecule has 1 aromatic rings. The predicted molar refractivity (Wildman–Crippen MR) is 73.8 cm³/mol. The summed E-state index contributed by atoms with van der Waals surface area (Å²) in [5.74, 6) is 0.543. The number of hydrogen-bond acceptors (Lipinski definition) is 3. The number of ether oxygens (including phenoxy) is 1. The number of carbonyl (C=O) groups excluding carboxylic acids is 1. The van der Waals surface area contributed by atoms with Gasteiger partial charge in [-0.15, -0.1) is 0 Å². The van der Waals surface area contributed by atoms with Crippen molar-refractivity contribution in [1.29, 1.82) is 0 Å². The summed E-state index contributed by atoms with van der Waals surface area (Å²) in [5, 5.41) is 2.89. The zero-order valence-electron chi connectivity index (χ0n) is 11.5. The molecule has 0 spiro atoms. The van der Waals surface area contributed by atoms with Gasteiger partial charge >= 0.3 is 0 Å². The number of amides is 1. The van der Waals surface area contributed by atoms with Gasteiger partial charge < -0.3 is 15.8 Å². The van der Waals surface area contributed by atoms with Gasteiger partial charge in [0.05, 0.1) is 12.5 Å². The van der Waals surface area contributed by atoms with Crippen LogP contribution in [-0.4, -0.2) is 18.6 Å². The van der Waals surface area contributed by atoms with Gasteiger partial charge in [-0.3, -0.25) is 4.79 Å². The Hall–Kier alpha value is -1.55. The van der Waals surface area contributed by atoms with Crippen LogP contribution >= 0.6 is 0 Å². The Bertz CT molecular complexity index is 416. The molecule has 0 bridgehead atoms. The highest BCUT2D eigenvalue weighted by molar-refractivity contribution is 5.93. The predicted octanol–water partition coefficient (Wildman–Crippen LogP) is 2.32. The highest BCUT2D eigenvalue weighted by atomic mass is 16.5. The van der Waals surface area contributed by atoms with Gasteiger partial charge in [-0.05, 0) is 44.5 Å². The lowest BCUT2D eigenvalue weighted by molar-refractivity contribution is -0.119. The molecule has 0 saturated carbocycles. The lowest BCUT2D eigenvalue weighted by Crippen LogP contribution is -2.34. The third kappa shape index (κ3) is 3.74. The van der Waals surface area contributed by atoms with Crippen LogP contribution in [0.15, 0.2) is 18.2 Å². The fraction of sp³-hybridized carbons (Fsp3) is 0.500. The van der Waals surface area contributed by atoms with Crippen molar-refractivity contribution in [3.8, 4) is 5.75 Å². The van der Waals surface area contributed by atoms with Crippen molar-refractivity contribution in [2.24, 2.45) is 11.7 Å². The molecule has 1 rings (SSSR count). The molecule has 0 heterocycles. The van der Waals surface area contributed by atoms with Crippen LogP contribution in [0.1, 0.15) is 26.3 Å². The van der Waals surface area contributed by atoms with Crippen LogP contribution in [-0.2, 0) is 4.79 Å². The van der Waals surface area contributed by atoms with E-state index in [1.54, 1.807) is 0 Å². The molecule has 0 aromatic heterocycles. The highest BCUT2D eigenvalue weighted by Crippen LogP contribution is 2.22. The fourth-order valence-corrected chi connectivity index (χ4v) is 1.52. The van der Waals surface area contributed by atoms with Crippen molar-refractivity contribution < 1.29 is 9.53 Å². The van der Waals surface area contributed by atoms with Crippen LogP contribution < -0.4 is 15.8 Å². The molecule has 2 atom stereocenters. The van der Waals surface area contributed by atoms with Crippen molar-refractivity contribution in [3.63, 3.8) is 0 Å². The molecule has 0 fully saturated rings. The summed E-state index contributed by atoms with van der Waals surface area (Å²) in [6.07, 6.45) is 0. The number of hydrogen-bond donors (Lipinski definition) is 2. The van der Waals surface area contributed by atoms with Crippen molar-refractivity contribution in [2.75, 3.05) is 11.9 Å². The van der Waals surface area contributed by atoms with Crippen LogP contribution in [0.25, 0.3) is 0 Å². The van der Waals surface area contributed by atoms with Gasteiger partial charge in [-0.2, -0.15) is 0 Å². The van der Waals surface area contributed by atoms with Gasteiger partial charge in [0.2, 0.25) is 5.91 Å². The number of carbonyl (C=O) groups is 1. The van der Waals surface area contributed by atoms with Gasteiger partial charge in [0, 0.05) is 11.7 Å². The lowest BCUT2D eigenvalue weighted by Gasteiger charge is -2.17. The minimum atomic E-state index is -0.212. The van der Waals surface area contributed by atoms with Crippen LogP contribution in [0.5, 0.6) is 5.75 Å². The smallest absolute Gasteiger partial charge is 0.228 e. The summed E-state index contributed by atoms with van der Waals surface area (Å²) in [5.41, 5.74) is 7.49. The van der Waals surface area contributed by atoms with Gasteiger partial charge in [-0.1, -0.05) is 6.92 Å². The standard InChI is InChI=1S/C14H22N2O2/c1-5-18-12-6-7-13(9(2)8-12)16-14(17)10(3)11(4)15/h6-8,10-11H,5,15H2,1-4H3,(H,16,17). The Morgan fingerprint density at radius 2 is 2.11 bits per heavy atom. The van der Waals surface area contributed by atoms with Gasteiger partial charge in [0.1, 0.15) is 5.75 Å². The van der Waals surface area contributed by atoms with Crippen molar-refractivity contribution in [1.82, 2.24) is 0 Å². The first-order chi connectivity index (χ1) is 8.45. The van der Waals surface area contributed by atoms with Crippen LogP contribution in [0.4, 0.5) is 5.69 Å². The molecule has 1 aromatic carbocycles. The molecule has 4 nitrogen and oxygen atoms in total. The number of aryl methyl sites for hydroxylation is 1. The Morgan fingerprint density at radius 3 is 2.61 bits per heavy atom. The van der Waals surface area contributed by atoms with E-state index in [1.807, 2.05) is 45.9 Å². The molecule has 3 N–H and O–H groups in total. The maximum absolute atomic E-state index is 11.9. The van der Waals surface area contributed by atoms with E-state index in [2.05, 4.69) is 5.32 Å². The molecule has 0 aliphatic carbocycles. The molecule has 0 radical (unpaired) electrons. The summed E-state index contributed by atoms with van der Waals surface area (Å²) in [7, 11) is 0. The number of rotatable bonds is 5. The Morgan fingerprint density at radius 1 is 1.44 bits per heavy atom. The van der Waals surface area contributed by atoms with Crippen molar-refractivity contribution in [2.45, 2.75) is 33.7 Å². The van der Waals surface area contributed by atoms with E-state index in [-0.39, 0.29) is 17.9 Å². The normalized spacial score (nSPS) is 13.8. The summed E-state index contributed by atoms with van der Waals surface area (Å²) >= 11 is 0. The average Bonchev–Trinajstić information content (AvgIpc) is 2.31. The third-order valence-corrected chi connectivity index (χ3v) is 2.97. The molecular formula is C14H22N2O2. The molecule has 18 heavy (non-hydrogen) atoms. The van der Waals surface area contributed by atoms with E-state index >= 15 is 0 Å². The van der Waals surface area contributed by atoms with E-state index in [9.17, 15) is 4.79 Å². The van der Waals surface area contributed by atoms with E-state index in [1.165, 1.54) is 0 Å². The Labute approximate surface area is 109 Å². The highest BCUT2D eigenvalue weighted by Gasteiger charge is 2.17. The molecule has 2 unspecified atom stereocenters. The Kier molecular flexibility index (Phi) is 5.16. The van der Waals surface area contributed by atoms with Crippen molar-refractivity contribution in [3.05, 3.63) is 23.8 Å². The van der Waals surface area contributed by atoms with E-state index in [0.29, 0.717) is 6.61 Å². The second-order valence-corrected chi connectivity index (χ2v) is 4.55. The van der Waals surface area contributed by atoms with Crippen LogP contribution in [0, 0.1) is 12.8 Å². The van der Waals surface area contributed by atoms with E-state index in [0.717, 1.165) is 17.0 Å². The topological polar surface area (TPSA) is 64.3 Å². The minimum Gasteiger partial charge on any atom is -0.494 e. The van der Waals surface area contributed by atoms with Crippen LogP contribution in [0.2, 0.25) is 0 Å². The molecule has 4 heteroatoms. The zero-order chi connectivity index (χ0) is 13.7. The maximum atomic E-state index is 11.9. The average molecular weight is 250 g/mol. The quantitative estimate of drug-likeness (QED) is 0.843. The molecule has 1 amide bonds. The summed E-state index contributed by atoms with van der Waals surface area (Å²) in [4.78, 5) is 11.9. The number of benzene rings is 1. The second kappa shape index (κ2) is 6.40. The zero-order valence-corrected chi connectivity index (χ0v) is 11.5. The van der Waals surface area contributed by atoms with Gasteiger partial charge in [-0.25, -0.2) is 0 Å². The maximum Gasteiger partial charge on any atom is 0.228 e. The first-order valence-corrected chi connectivity index (χ1v) is 6.25. The first-order valence-electron chi connectivity index (χ1n) is 6.25. The molecule has 0 saturated heterocycles. The number of nitrogens with one attached hydrogen (secondary N) is 1. The lowest BCUT2D eigenvalue weighted by atomic mass is 10.0. The summed E-state index contributed by atoms with van der Waals surface area (Å²) in [6, 6.07) is 5.46. The summed E-state index contributed by atoms with van der Waals surface area (Å²) in [6.45, 7) is 8.16.